The summed E-state index contributed by atoms with van der Waals surface area (Å²) in [5.74, 6) is -0.280. The van der Waals surface area contributed by atoms with Crippen molar-refractivity contribution in [1.29, 1.82) is 5.26 Å². The molecule has 0 bridgehead atoms. The van der Waals surface area contributed by atoms with Gasteiger partial charge in [-0.05, 0) is 29.7 Å². The van der Waals surface area contributed by atoms with E-state index in [-0.39, 0.29) is 23.7 Å². The van der Waals surface area contributed by atoms with Crippen LogP contribution in [0.5, 0.6) is 0 Å². The van der Waals surface area contributed by atoms with E-state index in [2.05, 4.69) is 0 Å². The highest BCUT2D eigenvalue weighted by atomic mass is 32.2. The van der Waals surface area contributed by atoms with Gasteiger partial charge in [0.1, 0.15) is 12.6 Å². The molecule has 1 amide bonds. The van der Waals surface area contributed by atoms with Crippen molar-refractivity contribution in [2.24, 2.45) is 0 Å². The standard InChI is InChI=1S/C19H19N3O3S/c1-26(24,25)22(18-9-5-4-7-16(18)12-20)14-19(23)21-11-10-15-6-2-3-8-17(15)13-21/h2-9H,10-11,13-14H2,1H3. The fourth-order valence-corrected chi connectivity index (χ4v) is 3.96. The number of sulfonamides is 1. The Balaban J connectivity index is 1.85. The van der Waals surface area contributed by atoms with E-state index in [1.54, 1.807) is 23.1 Å². The van der Waals surface area contributed by atoms with Crippen LogP contribution in [0.3, 0.4) is 0 Å². The Bertz CT molecular complexity index is 980. The van der Waals surface area contributed by atoms with Gasteiger partial charge >= 0.3 is 0 Å². The zero-order valence-electron chi connectivity index (χ0n) is 14.4. The van der Waals surface area contributed by atoms with Crippen LogP contribution in [0.4, 0.5) is 5.69 Å². The number of rotatable bonds is 4. The second-order valence-corrected chi connectivity index (χ2v) is 8.14. The molecular formula is C19H19N3O3S. The van der Waals surface area contributed by atoms with E-state index in [0.29, 0.717) is 13.1 Å². The van der Waals surface area contributed by atoms with Crippen LogP contribution in [0.1, 0.15) is 16.7 Å². The molecule has 0 saturated carbocycles. The molecule has 0 saturated heterocycles. The highest BCUT2D eigenvalue weighted by Crippen LogP contribution is 2.23. The summed E-state index contributed by atoms with van der Waals surface area (Å²) in [4.78, 5) is 14.4. The number of carbonyl (C=O) groups excluding carboxylic acids is 1. The van der Waals surface area contributed by atoms with Gasteiger partial charge in [-0.15, -0.1) is 0 Å². The molecule has 1 aliphatic rings. The van der Waals surface area contributed by atoms with Crippen LogP contribution in [0, 0.1) is 11.3 Å². The van der Waals surface area contributed by atoms with E-state index in [1.807, 2.05) is 30.3 Å². The quantitative estimate of drug-likeness (QED) is 0.824. The summed E-state index contributed by atoms with van der Waals surface area (Å²) in [6, 6.07) is 16.3. The third kappa shape index (κ3) is 3.70. The summed E-state index contributed by atoms with van der Waals surface area (Å²) in [6.45, 7) is 0.694. The van der Waals surface area contributed by atoms with Gasteiger partial charge in [0.25, 0.3) is 0 Å². The van der Waals surface area contributed by atoms with Crippen LogP contribution < -0.4 is 4.31 Å². The minimum atomic E-state index is -3.71. The van der Waals surface area contributed by atoms with E-state index in [4.69, 9.17) is 0 Å². The van der Waals surface area contributed by atoms with Crippen molar-refractivity contribution in [2.75, 3.05) is 23.7 Å². The summed E-state index contributed by atoms with van der Waals surface area (Å²) in [5, 5.41) is 9.26. The van der Waals surface area contributed by atoms with Gasteiger partial charge in [0, 0.05) is 13.1 Å². The summed E-state index contributed by atoms with van der Waals surface area (Å²) in [5.41, 5.74) is 2.74. The number of amides is 1. The number of nitriles is 1. The summed E-state index contributed by atoms with van der Waals surface area (Å²) < 4.78 is 25.5. The molecule has 1 aliphatic heterocycles. The molecule has 134 valence electrons. The maximum absolute atomic E-state index is 12.8. The summed E-state index contributed by atoms with van der Waals surface area (Å²) in [7, 11) is -3.71. The molecular weight excluding hydrogens is 350 g/mol. The van der Waals surface area contributed by atoms with E-state index in [1.165, 1.54) is 11.6 Å². The van der Waals surface area contributed by atoms with Gasteiger partial charge in [-0.3, -0.25) is 9.10 Å². The van der Waals surface area contributed by atoms with Crippen LogP contribution in [-0.2, 0) is 27.8 Å². The van der Waals surface area contributed by atoms with Gasteiger partial charge < -0.3 is 4.90 Å². The highest BCUT2D eigenvalue weighted by molar-refractivity contribution is 7.92. The zero-order valence-corrected chi connectivity index (χ0v) is 15.2. The molecule has 2 aromatic carbocycles. The number of anilines is 1. The Kier molecular flexibility index (Phi) is 4.96. The number of fused-ring (bicyclic) bond motifs is 1. The van der Waals surface area contributed by atoms with Crippen molar-refractivity contribution >= 4 is 21.6 Å². The maximum atomic E-state index is 12.8. The van der Waals surface area contributed by atoms with Gasteiger partial charge in [0.2, 0.25) is 15.9 Å². The molecule has 0 fully saturated rings. The molecule has 7 heteroatoms. The smallest absolute Gasteiger partial charge is 0.243 e. The molecule has 6 nitrogen and oxygen atoms in total. The molecule has 0 unspecified atom stereocenters. The van der Waals surface area contributed by atoms with Gasteiger partial charge in [-0.2, -0.15) is 5.26 Å². The van der Waals surface area contributed by atoms with Crippen LogP contribution in [-0.4, -0.2) is 38.6 Å². The lowest BCUT2D eigenvalue weighted by molar-refractivity contribution is -0.130. The lowest BCUT2D eigenvalue weighted by Gasteiger charge is -2.31. The predicted octanol–water partition coefficient (Wildman–Crippen LogP) is 1.91. The number of carbonyl (C=O) groups is 1. The first kappa shape index (κ1) is 18.0. The number of nitrogens with zero attached hydrogens (tertiary/aromatic N) is 3. The number of hydrogen-bond acceptors (Lipinski definition) is 4. The van der Waals surface area contributed by atoms with Crippen molar-refractivity contribution in [2.45, 2.75) is 13.0 Å². The highest BCUT2D eigenvalue weighted by Gasteiger charge is 2.27. The van der Waals surface area contributed by atoms with Gasteiger partial charge in [-0.25, -0.2) is 8.42 Å². The fraction of sp³-hybridized carbons (Fsp3) is 0.263. The van der Waals surface area contributed by atoms with Gasteiger partial charge in [0.15, 0.2) is 0 Å². The minimum absolute atomic E-state index is 0.217. The molecule has 2 aromatic rings. The third-order valence-corrected chi connectivity index (χ3v) is 5.58. The lowest BCUT2D eigenvalue weighted by Crippen LogP contribution is -2.44. The molecule has 26 heavy (non-hydrogen) atoms. The molecule has 0 aliphatic carbocycles. The normalized spacial score (nSPS) is 13.6. The third-order valence-electron chi connectivity index (χ3n) is 4.46. The number of hydrogen-bond donors (Lipinski definition) is 0. The topological polar surface area (TPSA) is 81.5 Å². The molecule has 0 aromatic heterocycles. The average molecular weight is 369 g/mol. The average Bonchev–Trinajstić information content (AvgIpc) is 2.64. The van der Waals surface area contributed by atoms with E-state index >= 15 is 0 Å². The van der Waals surface area contributed by atoms with Crippen LogP contribution in [0.25, 0.3) is 0 Å². The SMILES string of the molecule is CS(=O)(=O)N(CC(=O)N1CCc2ccccc2C1)c1ccccc1C#N. The van der Waals surface area contributed by atoms with Gasteiger partial charge in [0.05, 0.1) is 17.5 Å². The van der Waals surface area contributed by atoms with Crippen molar-refractivity contribution < 1.29 is 13.2 Å². The Morgan fingerprint density at radius 1 is 1.15 bits per heavy atom. The van der Waals surface area contributed by atoms with Crippen molar-refractivity contribution in [1.82, 2.24) is 4.90 Å². The molecule has 0 atom stereocenters. The maximum Gasteiger partial charge on any atom is 0.243 e. The summed E-state index contributed by atoms with van der Waals surface area (Å²) in [6.07, 6.45) is 1.79. The Hall–Kier alpha value is -2.85. The number of benzene rings is 2. The first-order valence-electron chi connectivity index (χ1n) is 8.21. The Labute approximate surface area is 153 Å². The molecule has 1 heterocycles. The van der Waals surface area contributed by atoms with Crippen LogP contribution in [0.2, 0.25) is 0 Å². The molecule has 0 N–H and O–H groups in total. The molecule has 0 radical (unpaired) electrons. The van der Waals surface area contributed by atoms with E-state index < -0.39 is 10.0 Å². The van der Waals surface area contributed by atoms with Crippen LogP contribution >= 0.6 is 0 Å². The second-order valence-electron chi connectivity index (χ2n) is 6.23. The van der Waals surface area contributed by atoms with Gasteiger partial charge in [-0.1, -0.05) is 36.4 Å². The van der Waals surface area contributed by atoms with E-state index in [9.17, 15) is 18.5 Å². The molecule has 0 spiro atoms. The van der Waals surface area contributed by atoms with Crippen molar-refractivity contribution in [3.63, 3.8) is 0 Å². The fourth-order valence-electron chi connectivity index (χ4n) is 3.10. The molecule has 3 rings (SSSR count). The Morgan fingerprint density at radius 2 is 1.81 bits per heavy atom. The first-order chi connectivity index (χ1) is 12.4. The second kappa shape index (κ2) is 7.18. The summed E-state index contributed by atoms with van der Waals surface area (Å²) >= 11 is 0. The minimum Gasteiger partial charge on any atom is -0.336 e. The number of para-hydroxylation sites is 1. The van der Waals surface area contributed by atoms with E-state index in [0.717, 1.165) is 22.5 Å². The van der Waals surface area contributed by atoms with Crippen molar-refractivity contribution in [3.8, 4) is 6.07 Å². The largest absolute Gasteiger partial charge is 0.336 e. The zero-order chi connectivity index (χ0) is 18.7. The lowest BCUT2D eigenvalue weighted by atomic mass is 10.00. The monoisotopic (exact) mass is 369 g/mol. The predicted molar refractivity (Wildman–Crippen MR) is 98.9 cm³/mol. The van der Waals surface area contributed by atoms with Crippen molar-refractivity contribution in [3.05, 3.63) is 65.2 Å². The first-order valence-corrected chi connectivity index (χ1v) is 10.1. The Morgan fingerprint density at radius 3 is 2.50 bits per heavy atom. The van der Waals surface area contributed by atoms with Crippen LogP contribution in [0.15, 0.2) is 48.5 Å².